The molecule has 2 aliphatic rings. The molecule has 32 heavy (non-hydrogen) atoms. The van der Waals surface area contributed by atoms with Gasteiger partial charge in [0.25, 0.3) is 11.8 Å². The highest BCUT2D eigenvalue weighted by Gasteiger charge is 2.46. The number of amides is 3. The van der Waals surface area contributed by atoms with Gasteiger partial charge < -0.3 is 20.0 Å². The van der Waals surface area contributed by atoms with Gasteiger partial charge in [-0.1, -0.05) is 37.3 Å². The SMILES string of the molecule is CCN1CCN(C(=O)c2cc3n(n2)CC(C)(C(=O)NCc2ccccc2)N(C)C3=O)CC1. The summed E-state index contributed by atoms with van der Waals surface area (Å²) in [6.45, 7) is 8.29. The first kappa shape index (κ1) is 22.0. The normalized spacial score (nSPS) is 21.4. The van der Waals surface area contributed by atoms with Crippen LogP contribution in [0.25, 0.3) is 0 Å². The van der Waals surface area contributed by atoms with E-state index in [1.165, 1.54) is 9.58 Å². The molecule has 2 aliphatic heterocycles. The lowest BCUT2D eigenvalue weighted by Gasteiger charge is -2.40. The highest BCUT2D eigenvalue weighted by atomic mass is 16.2. The summed E-state index contributed by atoms with van der Waals surface area (Å²) in [4.78, 5) is 44.6. The van der Waals surface area contributed by atoms with Gasteiger partial charge in [-0.25, -0.2) is 0 Å². The van der Waals surface area contributed by atoms with E-state index in [1.807, 2.05) is 30.3 Å². The molecule has 0 saturated carbocycles. The summed E-state index contributed by atoms with van der Waals surface area (Å²) in [5.41, 5.74) is 0.444. The van der Waals surface area contributed by atoms with Crippen molar-refractivity contribution >= 4 is 17.7 Å². The first-order valence-corrected chi connectivity index (χ1v) is 11.0. The summed E-state index contributed by atoms with van der Waals surface area (Å²) in [5, 5.41) is 7.36. The number of aromatic nitrogens is 2. The van der Waals surface area contributed by atoms with E-state index in [1.54, 1.807) is 24.9 Å². The third-order valence-electron chi connectivity index (χ3n) is 6.61. The maximum Gasteiger partial charge on any atom is 0.274 e. The average molecular weight is 439 g/mol. The van der Waals surface area contributed by atoms with Crippen molar-refractivity contribution < 1.29 is 14.4 Å². The topological polar surface area (TPSA) is 90.8 Å². The number of piperazine rings is 1. The molecule has 9 heteroatoms. The van der Waals surface area contributed by atoms with Crippen LogP contribution in [-0.2, 0) is 17.9 Å². The molecule has 0 radical (unpaired) electrons. The Balaban J connectivity index is 1.49. The largest absolute Gasteiger partial charge is 0.350 e. The molecule has 2 aromatic rings. The number of likely N-dealkylation sites (N-methyl/N-ethyl adjacent to an activating group) is 2. The smallest absolute Gasteiger partial charge is 0.274 e. The van der Waals surface area contributed by atoms with Crippen LogP contribution in [0, 0.1) is 0 Å². The Kier molecular flexibility index (Phi) is 6.01. The standard InChI is InChI=1S/C23H30N6O3/c1-4-27-10-12-28(13-11-27)20(30)18-14-19-21(31)26(3)23(2,16-29(19)25-18)22(32)24-15-17-8-6-5-7-9-17/h5-9,14H,4,10-13,15-16H2,1-3H3,(H,24,32). The van der Waals surface area contributed by atoms with Crippen molar-refractivity contribution in [1.29, 1.82) is 0 Å². The van der Waals surface area contributed by atoms with Gasteiger partial charge in [0.05, 0.1) is 6.54 Å². The minimum absolute atomic E-state index is 0.173. The highest BCUT2D eigenvalue weighted by molar-refractivity contribution is 6.01. The Morgan fingerprint density at radius 2 is 1.81 bits per heavy atom. The zero-order valence-corrected chi connectivity index (χ0v) is 18.9. The van der Waals surface area contributed by atoms with Gasteiger partial charge in [0, 0.05) is 45.8 Å². The maximum absolute atomic E-state index is 13.1. The van der Waals surface area contributed by atoms with E-state index in [4.69, 9.17) is 0 Å². The van der Waals surface area contributed by atoms with Gasteiger partial charge in [-0.15, -0.1) is 0 Å². The summed E-state index contributed by atoms with van der Waals surface area (Å²) in [7, 11) is 1.62. The van der Waals surface area contributed by atoms with Gasteiger partial charge in [-0.2, -0.15) is 5.10 Å². The second-order valence-corrected chi connectivity index (χ2v) is 8.61. The molecule has 0 bridgehead atoms. The Hall–Kier alpha value is -3.20. The number of nitrogens with zero attached hydrogens (tertiary/aromatic N) is 5. The predicted octanol–water partition coefficient (Wildman–Crippen LogP) is 0.822. The highest BCUT2D eigenvalue weighted by Crippen LogP contribution is 2.26. The van der Waals surface area contributed by atoms with E-state index in [0.29, 0.717) is 25.3 Å². The molecule has 3 heterocycles. The van der Waals surface area contributed by atoms with E-state index in [-0.39, 0.29) is 30.0 Å². The van der Waals surface area contributed by atoms with Crippen molar-refractivity contribution in [3.8, 4) is 0 Å². The number of benzene rings is 1. The van der Waals surface area contributed by atoms with Crippen molar-refractivity contribution in [2.24, 2.45) is 0 Å². The summed E-state index contributed by atoms with van der Waals surface area (Å²) in [6, 6.07) is 11.2. The molecule has 1 atom stereocenters. The van der Waals surface area contributed by atoms with E-state index >= 15 is 0 Å². The van der Waals surface area contributed by atoms with Gasteiger partial charge in [0.1, 0.15) is 11.2 Å². The quantitative estimate of drug-likeness (QED) is 0.747. The first-order valence-electron chi connectivity index (χ1n) is 11.0. The van der Waals surface area contributed by atoms with Crippen molar-refractivity contribution in [1.82, 2.24) is 29.8 Å². The molecule has 0 aliphatic carbocycles. The van der Waals surface area contributed by atoms with Crippen molar-refractivity contribution in [3.63, 3.8) is 0 Å². The lowest BCUT2D eigenvalue weighted by Crippen LogP contribution is -2.62. The molecule has 9 nitrogen and oxygen atoms in total. The van der Waals surface area contributed by atoms with Crippen LogP contribution in [0.3, 0.4) is 0 Å². The van der Waals surface area contributed by atoms with Gasteiger partial charge in [-0.05, 0) is 19.0 Å². The third-order valence-corrected chi connectivity index (χ3v) is 6.61. The Morgan fingerprint density at radius 1 is 1.12 bits per heavy atom. The molecule has 1 saturated heterocycles. The molecule has 4 rings (SSSR count). The number of nitrogens with one attached hydrogen (secondary N) is 1. The number of carbonyl (C=O) groups is 3. The van der Waals surface area contributed by atoms with Gasteiger partial charge >= 0.3 is 0 Å². The fourth-order valence-corrected chi connectivity index (χ4v) is 4.23. The maximum atomic E-state index is 13.1. The molecular weight excluding hydrogens is 408 g/mol. The van der Waals surface area contributed by atoms with Gasteiger partial charge in [0.2, 0.25) is 5.91 Å². The number of hydrogen-bond acceptors (Lipinski definition) is 5. The zero-order chi connectivity index (χ0) is 22.9. The molecule has 1 aromatic carbocycles. The number of fused-ring (bicyclic) bond motifs is 1. The van der Waals surface area contributed by atoms with Crippen LogP contribution in [0.15, 0.2) is 36.4 Å². The van der Waals surface area contributed by atoms with E-state index in [2.05, 4.69) is 22.2 Å². The predicted molar refractivity (Wildman–Crippen MR) is 119 cm³/mol. The minimum atomic E-state index is -1.11. The average Bonchev–Trinajstić information content (AvgIpc) is 3.25. The summed E-state index contributed by atoms with van der Waals surface area (Å²) in [6.07, 6.45) is 0. The second kappa shape index (κ2) is 8.74. The molecular formula is C23H30N6O3. The second-order valence-electron chi connectivity index (χ2n) is 8.61. The van der Waals surface area contributed by atoms with Crippen molar-refractivity contribution in [2.75, 3.05) is 39.8 Å². The summed E-state index contributed by atoms with van der Waals surface area (Å²) in [5.74, 6) is -0.758. The number of hydrogen-bond donors (Lipinski definition) is 1. The Bertz CT molecular complexity index is 1010. The molecule has 1 aromatic heterocycles. The van der Waals surface area contributed by atoms with Crippen LogP contribution in [0.2, 0.25) is 0 Å². The molecule has 1 unspecified atom stereocenters. The first-order chi connectivity index (χ1) is 15.3. The summed E-state index contributed by atoms with van der Waals surface area (Å²) >= 11 is 0. The van der Waals surface area contributed by atoms with Crippen LogP contribution in [0.4, 0.5) is 0 Å². The van der Waals surface area contributed by atoms with Crippen LogP contribution < -0.4 is 5.32 Å². The van der Waals surface area contributed by atoms with Crippen LogP contribution >= 0.6 is 0 Å². The molecule has 1 N–H and O–H groups in total. The molecule has 3 amide bonds. The van der Waals surface area contributed by atoms with E-state index in [0.717, 1.165) is 25.2 Å². The number of carbonyl (C=O) groups excluding carboxylic acids is 3. The Labute approximate surface area is 188 Å². The fourth-order valence-electron chi connectivity index (χ4n) is 4.23. The Morgan fingerprint density at radius 3 is 2.47 bits per heavy atom. The third kappa shape index (κ3) is 4.00. The van der Waals surface area contributed by atoms with Crippen LogP contribution in [-0.4, -0.2) is 87.5 Å². The van der Waals surface area contributed by atoms with Crippen molar-refractivity contribution in [3.05, 3.63) is 53.3 Å². The van der Waals surface area contributed by atoms with Crippen LogP contribution in [0.1, 0.15) is 40.4 Å². The van der Waals surface area contributed by atoms with Crippen molar-refractivity contribution in [2.45, 2.75) is 32.5 Å². The zero-order valence-electron chi connectivity index (χ0n) is 18.9. The van der Waals surface area contributed by atoms with E-state index < -0.39 is 5.54 Å². The lowest BCUT2D eigenvalue weighted by molar-refractivity contribution is -0.132. The summed E-state index contributed by atoms with van der Waals surface area (Å²) < 4.78 is 1.50. The van der Waals surface area contributed by atoms with E-state index in [9.17, 15) is 14.4 Å². The fraction of sp³-hybridized carbons (Fsp3) is 0.478. The van der Waals surface area contributed by atoms with Crippen LogP contribution in [0.5, 0.6) is 0 Å². The van der Waals surface area contributed by atoms with Gasteiger partial charge in [0.15, 0.2) is 5.69 Å². The molecule has 1 fully saturated rings. The molecule has 170 valence electrons. The number of rotatable bonds is 5. The minimum Gasteiger partial charge on any atom is -0.350 e. The lowest BCUT2D eigenvalue weighted by atomic mass is 9.96. The van der Waals surface area contributed by atoms with Gasteiger partial charge in [-0.3, -0.25) is 19.1 Å². The monoisotopic (exact) mass is 438 g/mol. The molecule has 0 spiro atoms.